The third-order valence-corrected chi connectivity index (χ3v) is 4.88. The molecule has 7 nitrogen and oxygen atoms in total. The number of anilines is 1. The molecule has 1 aliphatic heterocycles. The first-order valence-corrected chi connectivity index (χ1v) is 9.43. The molecule has 8 heteroatoms. The second-order valence-electron chi connectivity index (χ2n) is 6.16. The lowest BCUT2D eigenvalue weighted by Gasteiger charge is -2.35. The van der Waals surface area contributed by atoms with E-state index in [0.717, 1.165) is 44.3 Å². The van der Waals surface area contributed by atoms with Crippen LogP contribution in [0.1, 0.15) is 13.3 Å². The zero-order valence-corrected chi connectivity index (χ0v) is 15.8. The zero-order chi connectivity index (χ0) is 17.4. The molecule has 1 aromatic rings. The Bertz CT molecular complexity index is 485. The fourth-order valence-electron chi connectivity index (χ4n) is 2.66. The molecule has 1 atom stereocenters. The van der Waals surface area contributed by atoms with Gasteiger partial charge < -0.3 is 25.2 Å². The van der Waals surface area contributed by atoms with Crippen LogP contribution in [0.3, 0.4) is 0 Å². The van der Waals surface area contributed by atoms with Crippen molar-refractivity contribution in [3.8, 4) is 0 Å². The number of aliphatic imine (C=N–C) groups is 1. The molecule has 0 spiro atoms. The maximum atomic E-state index is 6.19. The van der Waals surface area contributed by atoms with Gasteiger partial charge in [-0.05, 0) is 27.4 Å². The van der Waals surface area contributed by atoms with Crippen LogP contribution >= 0.6 is 11.3 Å². The number of aromatic nitrogens is 1. The molecule has 0 amide bonds. The zero-order valence-electron chi connectivity index (χ0n) is 15.0. The third kappa shape index (κ3) is 5.92. The van der Waals surface area contributed by atoms with Gasteiger partial charge >= 0.3 is 0 Å². The van der Waals surface area contributed by atoms with Gasteiger partial charge in [-0.2, -0.15) is 0 Å². The summed E-state index contributed by atoms with van der Waals surface area (Å²) in [6, 6.07) is 0. The summed E-state index contributed by atoms with van der Waals surface area (Å²) in [5.41, 5.74) is 6.19. The lowest BCUT2D eigenvalue weighted by Crippen LogP contribution is -2.51. The van der Waals surface area contributed by atoms with E-state index in [9.17, 15) is 0 Å². The minimum absolute atomic E-state index is 0.132. The monoisotopic (exact) mass is 354 g/mol. The van der Waals surface area contributed by atoms with Crippen LogP contribution in [0.4, 0.5) is 5.13 Å². The highest BCUT2D eigenvalue weighted by Crippen LogP contribution is 2.18. The SMILES string of the molecule is CCOC(CCN(C)C)CN=C(N)N1CCN(c2nccs2)CC1. The Kier molecular flexibility index (Phi) is 7.74. The molecule has 1 unspecified atom stereocenters. The van der Waals surface area contributed by atoms with E-state index in [1.807, 2.05) is 18.5 Å². The van der Waals surface area contributed by atoms with Crippen molar-refractivity contribution in [1.82, 2.24) is 14.8 Å². The number of hydrogen-bond donors (Lipinski definition) is 1. The van der Waals surface area contributed by atoms with E-state index in [1.54, 1.807) is 11.3 Å². The van der Waals surface area contributed by atoms with Gasteiger partial charge in [-0.1, -0.05) is 0 Å². The number of ether oxygens (including phenoxy) is 1. The molecule has 1 saturated heterocycles. The van der Waals surface area contributed by atoms with E-state index in [1.165, 1.54) is 0 Å². The Morgan fingerprint density at radius 2 is 2.17 bits per heavy atom. The predicted molar refractivity (Wildman–Crippen MR) is 101 cm³/mol. The van der Waals surface area contributed by atoms with Gasteiger partial charge in [0.25, 0.3) is 0 Å². The molecule has 0 aliphatic carbocycles. The van der Waals surface area contributed by atoms with Crippen LogP contribution in [0, 0.1) is 0 Å². The summed E-state index contributed by atoms with van der Waals surface area (Å²) < 4.78 is 5.77. The first-order chi connectivity index (χ1) is 11.6. The Labute approximate surface area is 149 Å². The van der Waals surface area contributed by atoms with Crippen molar-refractivity contribution < 1.29 is 4.74 Å². The molecule has 0 bridgehead atoms. The minimum Gasteiger partial charge on any atom is -0.377 e. The van der Waals surface area contributed by atoms with Crippen molar-refractivity contribution in [2.75, 3.05) is 64.9 Å². The summed E-state index contributed by atoms with van der Waals surface area (Å²) in [5, 5.41) is 3.10. The number of rotatable bonds is 8. The normalized spacial score (nSPS) is 17.6. The fourth-order valence-corrected chi connectivity index (χ4v) is 3.36. The molecule has 0 radical (unpaired) electrons. The summed E-state index contributed by atoms with van der Waals surface area (Å²) >= 11 is 1.68. The van der Waals surface area contributed by atoms with Gasteiger partial charge in [-0.3, -0.25) is 4.99 Å². The lowest BCUT2D eigenvalue weighted by atomic mass is 10.2. The van der Waals surface area contributed by atoms with E-state index in [2.05, 4.69) is 38.8 Å². The predicted octanol–water partition coefficient (Wildman–Crippen LogP) is 0.937. The van der Waals surface area contributed by atoms with Gasteiger partial charge in [-0.15, -0.1) is 11.3 Å². The lowest BCUT2D eigenvalue weighted by molar-refractivity contribution is 0.0581. The Morgan fingerprint density at radius 3 is 2.75 bits per heavy atom. The molecule has 2 heterocycles. The van der Waals surface area contributed by atoms with Gasteiger partial charge in [0.2, 0.25) is 0 Å². The van der Waals surface area contributed by atoms with E-state index < -0.39 is 0 Å². The van der Waals surface area contributed by atoms with Crippen molar-refractivity contribution in [2.45, 2.75) is 19.4 Å². The first kappa shape index (κ1) is 19.0. The maximum Gasteiger partial charge on any atom is 0.191 e. The van der Waals surface area contributed by atoms with Gasteiger partial charge in [-0.25, -0.2) is 4.98 Å². The fraction of sp³-hybridized carbons (Fsp3) is 0.750. The average Bonchev–Trinajstić information content (AvgIpc) is 3.11. The van der Waals surface area contributed by atoms with Crippen molar-refractivity contribution >= 4 is 22.4 Å². The van der Waals surface area contributed by atoms with E-state index in [4.69, 9.17) is 10.5 Å². The molecule has 1 fully saturated rings. The van der Waals surface area contributed by atoms with Crippen LogP contribution in [-0.2, 0) is 4.74 Å². The number of thiazole rings is 1. The molecule has 136 valence electrons. The number of piperazine rings is 1. The largest absolute Gasteiger partial charge is 0.377 e. The molecular weight excluding hydrogens is 324 g/mol. The maximum absolute atomic E-state index is 6.19. The third-order valence-electron chi connectivity index (χ3n) is 4.05. The van der Waals surface area contributed by atoms with Crippen molar-refractivity contribution in [1.29, 1.82) is 0 Å². The summed E-state index contributed by atoms with van der Waals surface area (Å²) in [7, 11) is 4.14. The van der Waals surface area contributed by atoms with Crippen molar-refractivity contribution in [2.24, 2.45) is 10.7 Å². The molecule has 1 aliphatic rings. The highest BCUT2D eigenvalue weighted by atomic mass is 32.1. The average molecular weight is 355 g/mol. The molecule has 0 aromatic carbocycles. The number of nitrogens with zero attached hydrogens (tertiary/aromatic N) is 5. The second-order valence-corrected chi connectivity index (χ2v) is 7.03. The standard InChI is InChI=1S/C16H30N6OS/c1-4-23-14(5-7-20(2)3)13-19-15(17)21-8-10-22(11-9-21)16-18-6-12-24-16/h6,12,14H,4-5,7-11,13H2,1-3H3,(H2,17,19). The number of guanidine groups is 1. The number of nitrogens with two attached hydrogens (primary N) is 1. The van der Waals surface area contributed by atoms with Crippen molar-refractivity contribution in [3.05, 3.63) is 11.6 Å². The summed E-state index contributed by atoms with van der Waals surface area (Å²) in [4.78, 5) is 15.6. The van der Waals surface area contributed by atoms with Gasteiger partial charge in [0.15, 0.2) is 11.1 Å². The van der Waals surface area contributed by atoms with Crippen LogP contribution in [0.5, 0.6) is 0 Å². The van der Waals surface area contributed by atoms with Crippen LogP contribution in [0.2, 0.25) is 0 Å². The van der Waals surface area contributed by atoms with Gasteiger partial charge in [0.1, 0.15) is 0 Å². The van der Waals surface area contributed by atoms with Gasteiger partial charge in [0, 0.05) is 50.9 Å². The molecule has 24 heavy (non-hydrogen) atoms. The highest BCUT2D eigenvalue weighted by Gasteiger charge is 2.20. The Hall–Kier alpha value is -1.38. The Balaban J connectivity index is 1.79. The topological polar surface area (TPSA) is 70.2 Å². The Morgan fingerprint density at radius 1 is 1.42 bits per heavy atom. The quantitative estimate of drug-likeness (QED) is 0.553. The van der Waals surface area contributed by atoms with E-state index in [-0.39, 0.29) is 6.10 Å². The molecule has 1 aromatic heterocycles. The second kappa shape index (κ2) is 9.80. The highest BCUT2D eigenvalue weighted by molar-refractivity contribution is 7.13. The molecular formula is C16H30N6OS. The van der Waals surface area contributed by atoms with Gasteiger partial charge in [0.05, 0.1) is 12.6 Å². The van der Waals surface area contributed by atoms with E-state index in [0.29, 0.717) is 19.1 Å². The molecule has 0 saturated carbocycles. The van der Waals surface area contributed by atoms with Crippen LogP contribution in [0.15, 0.2) is 16.6 Å². The van der Waals surface area contributed by atoms with Crippen LogP contribution < -0.4 is 10.6 Å². The number of hydrogen-bond acceptors (Lipinski definition) is 6. The molecule has 2 rings (SSSR count). The molecule has 2 N–H and O–H groups in total. The summed E-state index contributed by atoms with van der Waals surface area (Å²) in [5.74, 6) is 0.628. The first-order valence-electron chi connectivity index (χ1n) is 8.55. The summed E-state index contributed by atoms with van der Waals surface area (Å²) in [6.07, 6.45) is 2.95. The smallest absolute Gasteiger partial charge is 0.191 e. The van der Waals surface area contributed by atoms with Crippen LogP contribution in [-0.4, -0.2) is 86.8 Å². The van der Waals surface area contributed by atoms with Crippen molar-refractivity contribution in [3.63, 3.8) is 0 Å². The van der Waals surface area contributed by atoms with E-state index >= 15 is 0 Å². The van der Waals surface area contributed by atoms with Crippen LogP contribution in [0.25, 0.3) is 0 Å². The summed E-state index contributed by atoms with van der Waals surface area (Å²) in [6.45, 7) is 7.97. The minimum atomic E-state index is 0.132.